The molecule has 1 nitrogen and oxygen atoms in total. The van der Waals surface area contributed by atoms with Gasteiger partial charge < -0.3 is 0 Å². The van der Waals surface area contributed by atoms with Crippen LogP contribution in [0, 0.1) is 15.4 Å². The molecule has 92 valence electrons. The van der Waals surface area contributed by atoms with Gasteiger partial charge in [-0.1, -0.05) is 35.7 Å². The molecule has 0 radical (unpaired) electrons. The third-order valence-electron chi connectivity index (χ3n) is 3.50. The Morgan fingerprint density at radius 1 is 1.41 bits per heavy atom. The maximum absolute atomic E-state index is 12.5. The highest BCUT2D eigenvalue weighted by Gasteiger charge is 2.26. The molecule has 1 aliphatic carbocycles. The Morgan fingerprint density at radius 3 is 2.88 bits per heavy atom. The molecular formula is C14H16BrIO. The van der Waals surface area contributed by atoms with Crippen LogP contribution in [0.2, 0.25) is 0 Å². The maximum Gasteiger partial charge on any atom is 0.167 e. The Kier molecular flexibility index (Phi) is 4.64. The van der Waals surface area contributed by atoms with E-state index in [0.717, 1.165) is 26.4 Å². The van der Waals surface area contributed by atoms with E-state index in [0.29, 0.717) is 11.7 Å². The van der Waals surface area contributed by atoms with Gasteiger partial charge in [0, 0.05) is 19.5 Å². The summed E-state index contributed by atoms with van der Waals surface area (Å²) >= 11 is 5.75. The molecule has 2 rings (SSSR count). The summed E-state index contributed by atoms with van der Waals surface area (Å²) in [5.41, 5.74) is 0.857. The van der Waals surface area contributed by atoms with Crippen molar-refractivity contribution in [1.82, 2.24) is 0 Å². The second-order valence-electron chi connectivity index (χ2n) is 4.96. The van der Waals surface area contributed by atoms with Crippen molar-refractivity contribution in [2.75, 3.05) is 0 Å². The van der Waals surface area contributed by atoms with Crippen molar-refractivity contribution in [2.45, 2.75) is 32.6 Å². The molecule has 0 heterocycles. The number of ketones is 1. The number of halogens is 2. The van der Waals surface area contributed by atoms with E-state index in [1.165, 1.54) is 12.8 Å². The van der Waals surface area contributed by atoms with Gasteiger partial charge in [0.2, 0.25) is 0 Å². The van der Waals surface area contributed by atoms with Crippen molar-refractivity contribution in [2.24, 2.45) is 11.8 Å². The zero-order chi connectivity index (χ0) is 12.4. The fraction of sp³-hybridized carbons (Fsp3) is 0.500. The number of carbonyl (C=O) groups is 1. The highest BCUT2D eigenvalue weighted by molar-refractivity contribution is 14.1. The first kappa shape index (κ1) is 13.5. The van der Waals surface area contributed by atoms with E-state index >= 15 is 0 Å². The molecule has 1 aromatic carbocycles. The molecule has 2 atom stereocenters. The Labute approximate surface area is 125 Å². The lowest BCUT2D eigenvalue weighted by Gasteiger charge is -2.25. The summed E-state index contributed by atoms with van der Waals surface area (Å²) in [4.78, 5) is 12.5. The summed E-state index contributed by atoms with van der Waals surface area (Å²) in [5, 5.41) is 0. The summed E-state index contributed by atoms with van der Waals surface area (Å²) < 4.78 is 2.05. The van der Waals surface area contributed by atoms with Gasteiger partial charge in [0.25, 0.3) is 0 Å². The van der Waals surface area contributed by atoms with Crippen LogP contribution in [0.5, 0.6) is 0 Å². The predicted octanol–water partition coefficient (Wildman–Crippen LogP) is 5.06. The van der Waals surface area contributed by atoms with Gasteiger partial charge in [-0.25, -0.2) is 0 Å². The molecule has 1 saturated carbocycles. The minimum atomic E-state index is 0.230. The summed E-state index contributed by atoms with van der Waals surface area (Å²) in [7, 11) is 0. The lowest BCUT2D eigenvalue weighted by atomic mass is 9.79. The molecule has 2 unspecified atom stereocenters. The zero-order valence-electron chi connectivity index (χ0n) is 9.88. The molecule has 0 aliphatic heterocycles. The third kappa shape index (κ3) is 3.31. The van der Waals surface area contributed by atoms with E-state index < -0.39 is 0 Å². The van der Waals surface area contributed by atoms with Crippen molar-refractivity contribution in [3.05, 3.63) is 31.8 Å². The van der Waals surface area contributed by atoms with E-state index in [1.807, 2.05) is 18.2 Å². The van der Waals surface area contributed by atoms with Crippen molar-refractivity contribution < 1.29 is 4.79 Å². The number of hydrogen-bond acceptors (Lipinski definition) is 1. The smallest absolute Gasteiger partial charge is 0.167 e. The number of hydrogen-bond donors (Lipinski definition) is 0. The van der Waals surface area contributed by atoms with Crippen LogP contribution in [0.15, 0.2) is 22.7 Å². The Bertz CT molecular complexity index is 430. The topological polar surface area (TPSA) is 17.1 Å². The minimum absolute atomic E-state index is 0.230. The van der Waals surface area contributed by atoms with Crippen molar-refractivity contribution in [3.8, 4) is 0 Å². The Hall–Kier alpha value is 0.1000. The van der Waals surface area contributed by atoms with Gasteiger partial charge in [-0.2, -0.15) is 0 Å². The molecule has 0 aromatic heterocycles. The van der Waals surface area contributed by atoms with E-state index in [-0.39, 0.29) is 5.92 Å². The summed E-state index contributed by atoms with van der Waals surface area (Å²) in [6.45, 7) is 2.25. The normalized spacial score (nSPS) is 24.6. The van der Waals surface area contributed by atoms with Gasteiger partial charge in [-0.15, -0.1) is 0 Å². The van der Waals surface area contributed by atoms with E-state index in [1.54, 1.807) is 0 Å². The van der Waals surface area contributed by atoms with Crippen LogP contribution >= 0.6 is 38.5 Å². The lowest BCUT2D eigenvalue weighted by molar-refractivity contribution is 0.0867. The standard InChI is InChI=1S/C14H16BrIO/c1-9-3-2-4-10(7-9)14(17)12-8-11(16)5-6-13(12)15/h5-6,8-10H,2-4,7H2,1H3. The van der Waals surface area contributed by atoms with Gasteiger partial charge in [-0.3, -0.25) is 4.79 Å². The van der Waals surface area contributed by atoms with Crippen molar-refractivity contribution in [1.29, 1.82) is 0 Å². The predicted molar refractivity (Wildman–Crippen MR) is 82.3 cm³/mol. The number of benzene rings is 1. The number of Topliss-reactive ketones (excluding diaryl/α,β-unsaturated/α-hetero) is 1. The SMILES string of the molecule is CC1CCCC(C(=O)c2cc(I)ccc2Br)C1. The maximum atomic E-state index is 12.5. The monoisotopic (exact) mass is 406 g/mol. The third-order valence-corrected chi connectivity index (χ3v) is 4.86. The lowest BCUT2D eigenvalue weighted by Crippen LogP contribution is -2.22. The Balaban J connectivity index is 2.21. The molecule has 1 aromatic rings. The van der Waals surface area contributed by atoms with Gasteiger partial charge in [0.15, 0.2) is 5.78 Å². The average Bonchev–Trinajstić information content (AvgIpc) is 2.31. The van der Waals surface area contributed by atoms with Crippen molar-refractivity contribution in [3.63, 3.8) is 0 Å². The molecule has 17 heavy (non-hydrogen) atoms. The molecular weight excluding hydrogens is 391 g/mol. The average molecular weight is 407 g/mol. The molecule has 0 amide bonds. The number of carbonyl (C=O) groups excluding carboxylic acids is 1. The van der Waals surface area contributed by atoms with Crippen LogP contribution in [0.3, 0.4) is 0 Å². The van der Waals surface area contributed by atoms with Gasteiger partial charge in [-0.05, 0) is 59.5 Å². The second kappa shape index (κ2) is 5.83. The van der Waals surface area contributed by atoms with Crippen molar-refractivity contribution >= 4 is 44.3 Å². The van der Waals surface area contributed by atoms with Crippen LogP contribution in [-0.4, -0.2) is 5.78 Å². The fourth-order valence-corrected chi connectivity index (χ4v) is 3.51. The molecule has 1 aliphatic rings. The highest BCUT2D eigenvalue weighted by atomic mass is 127. The van der Waals surface area contributed by atoms with E-state index in [4.69, 9.17) is 0 Å². The van der Waals surface area contributed by atoms with Gasteiger partial charge in [0.05, 0.1) is 0 Å². The molecule has 0 bridgehead atoms. The van der Waals surface area contributed by atoms with Gasteiger partial charge >= 0.3 is 0 Å². The van der Waals surface area contributed by atoms with Crippen LogP contribution < -0.4 is 0 Å². The summed E-state index contributed by atoms with van der Waals surface area (Å²) in [6, 6.07) is 5.98. The molecule has 0 saturated heterocycles. The summed E-state index contributed by atoms with van der Waals surface area (Å²) in [6.07, 6.45) is 4.58. The molecule has 0 N–H and O–H groups in total. The first-order chi connectivity index (χ1) is 8.08. The van der Waals surface area contributed by atoms with E-state index in [2.05, 4.69) is 45.4 Å². The quantitative estimate of drug-likeness (QED) is 0.495. The van der Waals surface area contributed by atoms with E-state index in [9.17, 15) is 4.79 Å². The first-order valence-corrected chi connectivity index (χ1v) is 7.94. The largest absolute Gasteiger partial charge is 0.294 e. The fourth-order valence-electron chi connectivity index (χ4n) is 2.58. The summed E-state index contributed by atoms with van der Waals surface area (Å²) in [5.74, 6) is 1.24. The van der Waals surface area contributed by atoms with Crippen LogP contribution in [0.4, 0.5) is 0 Å². The highest BCUT2D eigenvalue weighted by Crippen LogP contribution is 2.33. The Morgan fingerprint density at radius 2 is 2.18 bits per heavy atom. The first-order valence-electron chi connectivity index (χ1n) is 6.07. The van der Waals surface area contributed by atoms with Gasteiger partial charge in [0.1, 0.15) is 0 Å². The molecule has 0 spiro atoms. The van der Waals surface area contributed by atoms with Crippen LogP contribution in [-0.2, 0) is 0 Å². The van der Waals surface area contributed by atoms with Crippen LogP contribution in [0.25, 0.3) is 0 Å². The molecule has 3 heteroatoms. The second-order valence-corrected chi connectivity index (χ2v) is 7.06. The number of rotatable bonds is 2. The van der Waals surface area contributed by atoms with Crippen LogP contribution in [0.1, 0.15) is 43.0 Å². The molecule has 1 fully saturated rings. The minimum Gasteiger partial charge on any atom is -0.294 e. The zero-order valence-corrected chi connectivity index (χ0v) is 13.6.